The maximum Gasteiger partial charge on any atom is 0.273 e. The second kappa shape index (κ2) is 5.88. The van der Waals surface area contributed by atoms with Gasteiger partial charge in [0, 0.05) is 31.7 Å². The van der Waals surface area contributed by atoms with E-state index < -0.39 is 0 Å². The van der Waals surface area contributed by atoms with E-state index in [0.29, 0.717) is 18.8 Å². The fourth-order valence-corrected chi connectivity index (χ4v) is 2.75. The highest BCUT2D eigenvalue weighted by Crippen LogP contribution is 2.29. The average Bonchev–Trinajstić information content (AvgIpc) is 3.20. The topological polar surface area (TPSA) is 89.1 Å². The van der Waals surface area contributed by atoms with Gasteiger partial charge < -0.3 is 16.0 Å². The van der Waals surface area contributed by atoms with Gasteiger partial charge in [0.25, 0.3) is 5.91 Å². The summed E-state index contributed by atoms with van der Waals surface area (Å²) in [6.07, 6.45) is 6.41. The number of piperidine rings is 1. The molecular weight excluding hydrogens is 256 g/mol. The van der Waals surface area contributed by atoms with Gasteiger partial charge >= 0.3 is 0 Å². The highest BCUT2D eigenvalue weighted by molar-refractivity contribution is 5.92. The first kappa shape index (κ1) is 13.5. The molecular formula is C13H22N6O. The molecule has 0 spiro atoms. The smallest absolute Gasteiger partial charge is 0.273 e. The molecule has 1 aromatic rings. The Morgan fingerprint density at radius 3 is 2.75 bits per heavy atom. The van der Waals surface area contributed by atoms with E-state index in [4.69, 9.17) is 5.73 Å². The lowest BCUT2D eigenvalue weighted by Crippen LogP contribution is -2.45. The molecule has 2 fully saturated rings. The van der Waals surface area contributed by atoms with Crippen molar-refractivity contribution in [2.45, 2.75) is 44.3 Å². The van der Waals surface area contributed by atoms with Crippen molar-refractivity contribution in [2.24, 2.45) is 5.73 Å². The number of hydrogen-bond acceptors (Lipinski definition) is 5. The normalized spacial score (nSPS) is 21.1. The highest BCUT2D eigenvalue weighted by atomic mass is 16.2. The number of aromatic nitrogens is 3. The predicted molar refractivity (Wildman–Crippen MR) is 74.2 cm³/mol. The maximum absolute atomic E-state index is 12.1. The van der Waals surface area contributed by atoms with Crippen molar-refractivity contribution in [1.29, 1.82) is 0 Å². The molecule has 0 atom stereocenters. The molecule has 1 aliphatic carbocycles. The number of hydrogen-bond donors (Lipinski definition) is 2. The molecule has 0 radical (unpaired) electrons. The summed E-state index contributed by atoms with van der Waals surface area (Å²) in [5.41, 5.74) is 5.82. The Morgan fingerprint density at radius 1 is 1.35 bits per heavy atom. The van der Waals surface area contributed by atoms with E-state index in [-0.39, 0.29) is 11.9 Å². The first-order valence-electron chi connectivity index (χ1n) is 7.41. The van der Waals surface area contributed by atoms with E-state index >= 15 is 0 Å². The van der Waals surface area contributed by atoms with Gasteiger partial charge in [-0.15, -0.1) is 5.10 Å². The van der Waals surface area contributed by atoms with Crippen LogP contribution in [0.25, 0.3) is 0 Å². The van der Waals surface area contributed by atoms with Gasteiger partial charge in [-0.1, -0.05) is 5.21 Å². The van der Waals surface area contributed by atoms with E-state index in [1.807, 2.05) is 0 Å². The first-order chi connectivity index (χ1) is 9.76. The van der Waals surface area contributed by atoms with Crippen molar-refractivity contribution in [1.82, 2.24) is 25.2 Å². The minimum atomic E-state index is -0.127. The van der Waals surface area contributed by atoms with Gasteiger partial charge in [-0.2, -0.15) is 0 Å². The standard InChI is InChI=1S/C13H22N6O/c14-5-8-19-9-12(16-17-19)13(20)15-10-3-6-18(7-4-10)11-1-2-11/h9-11H,1-8,14H2,(H,15,20). The third-order valence-electron chi connectivity index (χ3n) is 4.06. The van der Waals surface area contributed by atoms with Gasteiger partial charge in [0.05, 0.1) is 12.7 Å². The molecule has 1 amide bonds. The van der Waals surface area contributed by atoms with E-state index in [1.165, 1.54) is 12.8 Å². The second-order valence-electron chi connectivity index (χ2n) is 5.67. The molecule has 1 aromatic heterocycles. The predicted octanol–water partition coefficient (Wildman–Crippen LogP) is -0.407. The second-order valence-corrected chi connectivity index (χ2v) is 5.67. The number of carbonyl (C=O) groups excluding carboxylic acids is 1. The molecule has 7 nitrogen and oxygen atoms in total. The summed E-state index contributed by atoms with van der Waals surface area (Å²) in [6.45, 7) is 3.26. The van der Waals surface area contributed by atoms with Crippen LogP contribution in [0.1, 0.15) is 36.2 Å². The molecule has 2 aliphatic rings. The Hall–Kier alpha value is -1.47. The number of rotatable bonds is 5. The van der Waals surface area contributed by atoms with E-state index in [0.717, 1.165) is 32.0 Å². The lowest BCUT2D eigenvalue weighted by Gasteiger charge is -2.32. The highest BCUT2D eigenvalue weighted by Gasteiger charge is 2.32. The first-order valence-corrected chi connectivity index (χ1v) is 7.41. The summed E-state index contributed by atoms with van der Waals surface area (Å²) in [7, 11) is 0. The molecule has 7 heteroatoms. The lowest BCUT2D eigenvalue weighted by atomic mass is 10.0. The monoisotopic (exact) mass is 278 g/mol. The molecule has 0 unspecified atom stereocenters. The van der Waals surface area contributed by atoms with Crippen LogP contribution in [0.5, 0.6) is 0 Å². The van der Waals surface area contributed by atoms with Crippen LogP contribution in [0, 0.1) is 0 Å². The number of nitrogens with one attached hydrogen (secondary N) is 1. The summed E-state index contributed by atoms with van der Waals surface area (Å²) in [4.78, 5) is 14.6. The number of carbonyl (C=O) groups is 1. The molecule has 1 saturated carbocycles. The van der Waals surface area contributed by atoms with Crippen molar-refractivity contribution >= 4 is 5.91 Å². The van der Waals surface area contributed by atoms with E-state index in [1.54, 1.807) is 10.9 Å². The summed E-state index contributed by atoms with van der Waals surface area (Å²) in [5, 5.41) is 10.8. The van der Waals surface area contributed by atoms with Gasteiger partial charge in [0.15, 0.2) is 5.69 Å². The molecule has 110 valence electrons. The molecule has 0 bridgehead atoms. The molecule has 0 aromatic carbocycles. The van der Waals surface area contributed by atoms with E-state index in [2.05, 4.69) is 20.5 Å². The van der Waals surface area contributed by atoms with Gasteiger partial charge in [-0.25, -0.2) is 0 Å². The van der Waals surface area contributed by atoms with E-state index in [9.17, 15) is 4.79 Å². The minimum absolute atomic E-state index is 0.127. The van der Waals surface area contributed by atoms with Crippen LogP contribution in [-0.2, 0) is 6.54 Å². The van der Waals surface area contributed by atoms with Crippen LogP contribution >= 0.6 is 0 Å². The maximum atomic E-state index is 12.1. The molecule has 3 rings (SSSR count). The number of amides is 1. The lowest BCUT2D eigenvalue weighted by molar-refractivity contribution is 0.0904. The van der Waals surface area contributed by atoms with Crippen LogP contribution in [0.2, 0.25) is 0 Å². The molecule has 20 heavy (non-hydrogen) atoms. The zero-order chi connectivity index (χ0) is 13.9. The molecule has 1 aliphatic heterocycles. The Balaban J connectivity index is 1.48. The van der Waals surface area contributed by atoms with Crippen LogP contribution in [0.3, 0.4) is 0 Å². The van der Waals surface area contributed by atoms with Crippen molar-refractivity contribution in [2.75, 3.05) is 19.6 Å². The summed E-state index contributed by atoms with van der Waals surface area (Å²) < 4.78 is 1.60. The third kappa shape index (κ3) is 3.16. The number of nitrogens with zero attached hydrogens (tertiary/aromatic N) is 4. The van der Waals surface area contributed by atoms with Crippen molar-refractivity contribution in [3.05, 3.63) is 11.9 Å². The Morgan fingerprint density at radius 2 is 2.10 bits per heavy atom. The third-order valence-corrected chi connectivity index (χ3v) is 4.06. The number of likely N-dealkylation sites (tertiary alicyclic amines) is 1. The Labute approximate surface area is 118 Å². The average molecular weight is 278 g/mol. The molecule has 3 N–H and O–H groups in total. The zero-order valence-electron chi connectivity index (χ0n) is 11.7. The SMILES string of the molecule is NCCn1cc(C(=O)NC2CCN(C3CC3)CC2)nn1. The Kier molecular flexibility index (Phi) is 3.98. The largest absolute Gasteiger partial charge is 0.348 e. The van der Waals surface area contributed by atoms with Crippen molar-refractivity contribution in [3.63, 3.8) is 0 Å². The quantitative estimate of drug-likeness (QED) is 0.764. The number of nitrogens with two attached hydrogens (primary N) is 1. The summed E-state index contributed by atoms with van der Waals surface area (Å²) >= 11 is 0. The van der Waals surface area contributed by atoms with Crippen LogP contribution in [0.15, 0.2) is 6.20 Å². The van der Waals surface area contributed by atoms with Crippen molar-refractivity contribution in [3.8, 4) is 0 Å². The Bertz CT molecular complexity index is 461. The summed E-state index contributed by atoms with van der Waals surface area (Å²) in [6, 6.07) is 1.08. The van der Waals surface area contributed by atoms with Gasteiger partial charge in [0.2, 0.25) is 0 Å². The van der Waals surface area contributed by atoms with Gasteiger partial charge in [0.1, 0.15) is 0 Å². The van der Waals surface area contributed by atoms with Gasteiger partial charge in [-0.05, 0) is 25.7 Å². The zero-order valence-corrected chi connectivity index (χ0v) is 11.7. The van der Waals surface area contributed by atoms with Gasteiger partial charge in [-0.3, -0.25) is 9.48 Å². The van der Waals surface area contributed by atoms with Crippen molar-refractivity contribution < 1.29 is 4.79 Å². The summed E-state index contributed by atoms with van der Waals surface area (Å²) in [5.74, 6) is -0.127. The molecule has 1 saturated heterocycles. The fourth-order valence-electron chi connectivity index (χ4n) is 2.75. The minimum Gasteiger partial charge on any atom is -0.348 e. The van der Waals surface area contributed by atoms with Crippen LogP contribution in [-0.4, -0.2) is 57.5 Å². The fraction of sp³-hybridized carbons (Fsp3) is 0.769. The van der Waals surface area contributed by atoms with Crippen LogP contribution in [0.4, 0.5) is 0 Å². The van der Waals surface area contributed by atoms with Crippen LogP contribution < -0.4 is 11.1 Å². The molecule has 2 heterocycles.